The van der Waals surface area contributed by atoms with E-state index in [1.54, 1.807) is 0 Å². The summed E-state index contributed by atoms with van der Waals surface area (Å²) in [5.74, 6) is 0.121. The molecule has 0 aliphatic rings. The summed E-state index contributed by atoms with van der Waals surface area (Å²) >= 11 is 3.35. The van der Waals surface area contributed by atoms with Crippen molar-refractivity contribution in [2.45, 2.75) is 25.7 Å². The Morgan fingerprint density at radius 3 is 2.50 bits per heavy atom. The van der Waals surface area contributed by atoms with E-state index in [0.29, 0.717) is 6.61 Å². The van der Waals surface area contributed by atoms with Crippen molar-refractivity contribution in [3.8, 4) is 5.75 Å². The number of hydrogen-bond acceptors (Lipinski definition) is 2. The van der Waals surface area contributed by atoms with Gasteiger partial charge in [0, 0.05) is 10.9 Å². The van der Waals surface area contributed by atoms with Gasteiger partial charge in [-0.1, -0.05) is 15.9 Å². The number of ether oxygens (including phenoxy) is 1. The van der Waals surface area contributed by atoms with Gasteiger partial charge in [-0.05, 0) is 43.5 Å². The number of unbranched alkanes of at least 4 members (excludes halogenated alkanes) is 2. The molecule has 0 atom stereocenters. The minimum atomic E-state index is -0.728. The van der Waals surface area contributed by atoms with E-state index in [-0.39, 0.29) is 6.42 Å². The van der Waals surface area contributed by atoms with Crippen LogP contribution in [0.3, 0.4) is 0 Å². The SMILES string of the molecule is O=C(O)CCCCCOc1ccc(Br)cc1. The highest BCUT2D eigenvalue weighted by Crippen LogP contribution is 2.16. The maximum atomic E-state index is 10.2. The van der Waals surface area contributed by atoms with Crippen LogP contribution in [0.15, 0.2) is 28.7 Å². The first-order valence-corrected chi connectivity index (χ1v) is 6.08. The highest BCUT2D eigenvalue weighted by Gasteiger charge is 1.97. The molecule has 0 amide bonds. The van der Waals surface area contributed by atoms with E-state index in [2.05, 4.69) is 15.9 Å². The molecule has 0 saturated carbocycles. The Labute approximate surface area is 104 Å². The Bertz CT molecular complexity index is 322. The zero-order valence-electron chi connectivity index (χ0n) is 8.99. The van der Waals surface area contributed by atoms with Crippen molar-refractivity contribution in [1.82, 2.24) is 0 Å². The molecule has 0 radical (unpaired) electrons. The van der Waals surface area contributed by atoms with E-state index in [9.17, 15) is 4.79 Å². The molecular formula is C12H15BrO3. The Kier molecular flexibility index (Phi) is 5.93. The maximum Gasteiger partial charge on any atom is 0.303 e. The minimum Gasteiger partial charge on any atom is -0.494 e. The number of carboxylic acids is 1. The minimum absolute atomic E-state index is 0.248. The molecule has 0 bridgehead atoms. The second-order valence-corrected chi connectivity index (χ2v) is 4.42. The highest BCUT2D eigenvalue weighted by molar-refractivity contribution is 9.10. The van der Waals surface area contributed by atoms with Crippen LogP contribution in [0.4, 0.5) is 0 Å². The van der Waals surface area contributed by atoms with Crippen LogP contribution in [0.1, 0.15) is 25.7 Å². The molecule has 3 nitrogen and oxygen atoms in total. The van der Waals surface area contributed by atoms with E-state index in [1.807, 2.05) is 24.3 Å². The number of carbonyl (C=O) groups is 1. The van der Waals surface area contributed by atoms with Crippen LogP contribution in [0.25, 0.3) is 0 Å². The molecule has 4 heteroatoms. The van der Waals surface area contributed by atoms with Crippen LogP contribution < -0.4 is 4.74 Å². The molecule has 0 aliphatic heterocycles. The van der Waals surface area contributed by atoms with E-state index < -0.39 is 5.97 Å². The molecule has 1 N–H and O–H groups in total. The third kappa shape index (κ3) is 5.75. The normalized spacial score (nSPS) is 10.1. The van der Waals surface area contributed by atoms with E-state index in [0.717, 1.165) is 29.5 Å². The first-order chi connectivity index (χ1) is 7.68. The second kappa shape index (κ2) is 7.28. The fourth-order valence-corrected chi connectivity index (χ4v) is 1.54. The van der Waals surface area contributed by atoms with Crippen molar-refractivity contribution < 1.29 is 14.6 Å². The average molecular weight is 287 g/mol. The van der Waals surface area contributed by atoms with Gasteiger partial charge in [-0.2, -0.15) is 0 Å². The Morgan fingerprint density at radius 1 is 1.19 bits per heavy atom. The van der Waals surface area contributed by atoms with Crippen LogP contribution in [-0.4, -0.2) is 17.7 Å². The van der Waals surface area contributed by atoms with Gasteiger partial charge in [0.05, 0.1) is 6.61 Å². The Balaban J connectivity index is 2.07. The fourth-order valence-electron chi connectivity index (χ4n) is 1.28. The molecule has 0 aliphatic carbocycles. The average Bonchev–Trinajstić information content (AvgIpc) is 2.25. The standard InChI is InChI=1S/C12H15BrO3/c13-10-5-7-11(8-6-10)16-9-3-1-2-4-12(14)15/h5-8H,1-4,9H2,(H,14,15). The molecule has 0 fully saturated rings. The lowest BCUT2D eigenvalue weighted by Crippen LogP contribution is -1.98. The first kappa shape index (κ1) is 13.0. The molecule has 16 heavy (non-hydrogen) atoms. The zero-order valence-corrected chi connectivity index (χ0v) is 10.6. The fraction of sp³-hybridized carbons (Fsp3) is 0.417. The largest absolute Gasteiger partial charge is 0.494 e. The molecule has 0 spiro atoms. The van der Waals surface area contributed by atoms with Gasteiger partial charge >= 0.3 is 5.97 Å². The molecule has 1 aromatic carbocycles. The topological polar surface area (TPSA) is 46.5 Å². The van der Waals surface area contributed by atoms with Gasteiger partial charge in [0.2, 0.25) is 0 Å². The van der Waals surface area contributed by atoms with Gasteiger partial charge in [-0.25, -0.2) is 0 Å². The summed E-state index contributed by atoms with van der Waals surface area (Å²) in [6.07, 6.45) is 2.75. The quantitative estimate of drug-likeness (QED) is 0.781. The number of carboxylic acid groups (broad SMARTS) is 1. The van der Waals surface area contributed by atoms with Gasteiger partial charge in [0.1, 0.15) is 5.75 Å². The van der Waals surface area contributed by atoms with Crippen LogP contribution in [0.5, 0.6) is 5.75 Å². The summed E-state index contributed by atoms with van der Waals surface area (Å²) in [5.41, 5.74) is 0. The highest BCUT2D eigenvalue weighted by atomic mass is 79.9. The van der Waals surface area contributed by atoms with Crippen LogP contribution >= 0.6 is 15.9 Å². The van der Waals surface area contributed by atoms with Gasteiger partial charge < -0.3 is 9.84 Å². The second-order valence-electron chi connectivity index (χ2n) is 3.51. The van der Waals surface area contributed by atoms with Gasteiger partial charge in [0.15, 0.2) is 0 Å². The smallest absolute Gasteiger partial charge is 0.303 e. The zero-order chi connectivity index (χ0) is 11.8. The van der Waals surface area contributed by atoms with Crippen molar-refractivity contribution >= 4 is 21.9 Å². The summed E-state index contributed by atoms with van der Waals surface area (Å²) in [4.78, 5) is 10.2. The lowest BCUT2D eigenvalue weighted by molar-refractivity contribution is -0.137. The van der Waals surface area contributed by atoms with Crippen molar-refractivity contribution in [3.63, 3.8) is 0 Å². The third-order valence-electron chi connectivity index (χ3n) is 2.12. The molecule has 0 heterocycles. The van der Waals surface area contributed by atoms with E-state index in [1.165, 1.54) is 0 Å². The van der Waals surface area contributed by atoms with Crippen molar-refractivity contribution in [2.24, 2.45) is 0 Å². The number of aliphatic carboxylic acids is 1. The molecule has 0 unspecified atom stereocenters. The number of benzene rings is 1. The summed E-state index contributed by atoms with van der Waals surface area (Å²) in [6, 6.07) is 7.67. The number of rotatable bonds is 7. The van der Waals surface area contributed by atoms with Gasteiger partial charge in [-0.15, -0.1) is 0 Å². The van der Waals surface area contributed by atoms with Crippen molar-refractivity contribution in [1.29, 1.82) is 0 Å². The third-order valence-corrected chi connectivity index (χ3v) is 2.65. The number of hydrogen-bond donors (Lipinski definition) is 1. The molecular weight excluding hydrogens is 272 g/mol. The van der Waals surface area contributed by atoms with Crippen molar-refractivity contribution in [3.05, 3.63) is 28.7 Å². The molecule has 1 aromatic rings. The first-order valence-electron chi connectivity index (χ1n) is 5.28. The molecule has 88 valence electrons. The van der Waals surface area contributed by atoms with Crippen LogP contribution in [0, 0.1) is 0 Å². The lowest BCUT2D eigenvalue weighted by atomic mass is 10.2. The lowest BCUT2D eigenvalue weighted by Gasteiger charge is -2.05. The van der Waals surface area contributed by atoms with Gasteiger partial charge in [-0.3, -0.25) is 4.79 Å². The molecule has 1 rings (SSSR count). The monoisotopic (exact) mass is 286 g/mol. The van der Waals surface area contributed by atoms with Crippen molar-refractivity contribution in [2.75, 3.05) is 6.61 Å². The Hall–Kier alpha value is -1.03. The summed E-state index contributed by atoms with van der Waals surface area (Å²) in [6.45, 7) is 0.640. The molecule has 0 saturated heterocycles. The van der Waals surface area contributed by atoms with Crippen LogP contribution in [-0.2, 0) is 4.79 Å². The van der Waals surface area contributed by atoms with E-state index >= 15 is 0 Å². The van der Waals surface area contributed by atoms with Crippen LogP contribution in [0.2, 0.25) is 0 Å². The maximum absolute atomic E-state index is 10.2. The van der Waals surface area contributed by atoms with Gasteiger partial charge in [0.25, 0.3) is 0 Å². The molecule has 0 aromatic heterocycles. The summed E-state index contributed by atoms with van der Waals surface area (Å²) in [5, 5.41) is 8.44. The summed E-state index contributed by atoms with van der Waals surface area (Å²) in [7, 11) is 0. The van der Waals surface area contributed by atoms with E-state index in [4.69, 9.17) is 9.84 Å². The predicted molar refractivity (Wildman–Crippen MR) is 65.7 cm³/mol. The Morgan fingerprint density at radius 2 is 1.88 bits per heavy atom. The number of halogens is 1. The summed E-state index contributed by atoms with van der Waals surface area (Å²) < 4.78 is 6.53. The predicted octanol–water partition coefficient (Wildman–Crippen LogP) is 3.47.